The lowest BCUT2D eigenvalue weighted by Gasteiger charge is -2.19. The van der Waals surface area contributed by atoms with Gasteiger partial charge in [-0.3, -0.25) is 4.31 Å². The second-order valence-electron chi connectivity index (χ2n) is 4.71. The van der Waals surface area contributed by atoms with Crippen LogP contribution < -0.4 is 9.62 Å². The Labute approximate surface area is 128 Å². The van der Waals surface area contributed by atoms with Gasteiger partial charge in [0.25, 0.3) is 10.0 Å². The van der Waals surface area contributed by atoms with E-state index in [1.54, 1.807) is 7.05 Å². The fraction of sp³-hybridized carbons (Fsp3) is 0.214. The van der Waals surface area contributed by atoms with Crippen LogP contribution in [0.25, 0.3) is 0 Å². The normalized spacial score (nSPS) is 14.1. The number of pyridine rings is 1. The van der Waals surface area contributed by atoms with Gasteiger partial charge in [-0.25, -0.2) is 13.4 Å². The number of sulfonamides is 1. The van der Waals surface area contributed by atoms with Crippen LogP contribution in [0.4, 0.5) is 11.5 Å². The third-order valence-electron chi connectivity index (χ3n) is 3.49. The minimum absolute atomic E-state index is 0.100. The minimum atomic E-state index is -3.64. The number of nitrogens with one attached hydrogen (secondary N) is 1. The third-order valence-corrected chi connectivity index (χ3v) is 5.55. The van der Waals surface area contributed by atoms with Gasteiger partial charge in [-0.1, -0.05) is 29.8 Å². The summed E-state index contributed by atoms with van der Waals surface area (Å²) in [7, 11) is -1.96. The number of hydrogen-bond donors (Lipinski definition) is 1. The number of anilines is 2. The molecule has 0 amide bonds. The lowest BCUT2D eigenvalue weighted by Crippen LogP contribution is -2.29. The zero-order valence-electron chi connectivity index (χ0n) is 11.4. The Morgan fingerprint density at radius 3 is 2.81 bits per heavy atom. The van der Waals surface area contributed by atoms with Gasteiger partial charge in [0.2, 0.25) is 0 Å². The summed E-state index contributed by atoms with van der Waals surface area (Å²) in [4.78, 5) is 4.14. The summed E-state index contributed by atoms with van der Waals surface area (Å²) in [5, 5.41) is 3.09. The molecule has 0 spiro atoms. The predicted molar refractivity (Wildman–Crippen MR) is 83.5 cm³/mol. The first-order valence-electron chi connectivity index (χ1n) is 6.48. The molecule has 0 atom stereocenters. The van der Waals surface area contributed by atoms with Crippen molar-refractivity contribution in [3.8, 4) is 0 Å². The van der Waals surface area contributed by atoms with Crippen LogP contribution in [-0.4, -0.2) is 27.0 Å². The fourth-order valence-electron chi connectivity index (χ4n) is 2.43. The van der Waals surface area contributed by atoms with Crippen LogP contribution in [-0.2, 0) is 16.4 Å². The first-order chi connectivity index (χ1) is 10.0. The van der Waals surface area contributed by atoms with Crippen molar-refractivity contribution in [2.45, 2.75) is 11.3 Å². The average Bonchev–Trinajstić information content (AvgIpc) is 2.91. The molecule has 1 aromatic heterocycles. The second kappa shape index (κ2) is 5.20. The van der Waals surface area contributed by atoms with Crippen molar-refractivity contribution in [3.63, 3.8) is 0 Å². The van der Waals surface area contributed by atoms with Crippen molar-refractivity contribution in [2.24, 2.45) is 0 Å². The van der Waals surface area contributed by atoms with Crippen LogP contribution in [0.2, 0.25) is 5.02 Å². The molecule has 110 valence electrons. The average molecular weight is 324 g/mol. The van der Waals surface area contributed by atoms with Crippen molar-refractivity contribution in [1.29, 1.82) is 0 Å². The first kappa shape index (κ1) is 14.2. The van der Waals surface area contributed by atoms with Crippen LogP contribution in [0.3, 0.4) is 0 Å². The van der Waals surface area contributed by atoms with Gasteiger partial charge in [0.1, 0.15) is 10.7 Å². The summed E-state index contributed by atoms with van der Waals surface area (Å²) in [6.07, 6.45) is 2.04. The molecule has 0 radical (unpaired) electrons. The van der Waals surface area contributed by atoms with Gasteiger partial charge < -0.3 is 5.32 Å². The van der Waals surface area contributed by atoms with E-state index in [2.05, 4.69) is 10.3 Å². The summed E-state index contributed by atoms with van der Waals surface area (Å²) in [5.74, 6) is 0.456. The molecule has 0 aliphatic carbocycles. The molecular formula is C14H14ClN3O2S. The smallest absolute Gasteiger partial charge is 0.265 e. The molecule has 7 heteroatoms. The fourth-order valence-corrected chi connectivity index (χ4v) is 4.23. The number of aromatic nitrogens is 1. The number of halogens is 1. The molecule has 0 saturated heterocycles. The van der Waals surface area contributed by atoms with Gasteiger partial charge in [-0.2, -0.15) is 0 Å². The maximum Gasteiger partial charge on any atom is 0.265 e. The SMILES string of the molecule is CNc1ncc(S(=O)(=O)N2CCc3ccccc32)cc1Cl. The molecule has 0 unspecified atom stereocenters. The van der Waals surface area contributed by atoms with E-state index in [0.29, 0.717) is 18.8 Å². The molecule has 3 rings (SSSR count). The minimum Gasteiger partial charge on any atom is -0.372 e. The summed E-state index contributed by atoms with van der Waals surface area (Å²) >= 11 is 6.03. The summed E-state index contributed by atoms with van der Waals surface area (Å²) in [6, 6.07) is 8.94. The van der Waals surface area contributed by atoms with E-state index in [4.69, 9.17) is 11.6 Å². The topological polar surface area (TPSA) is 62.3 Å². The van der Waals surface area contributed by atoms with Crippen LogP contribution in [0.1, 0.15) is 5.56 Å². The Balaban J connectivity index is 2.04. The molecule has 5 nitrogen and oxygen atoms in total. The van der Waals surface area contributed by atoms with E-state index < -0.39 is 10.0 Å². The van der Waals surface area contributed by atoms with Crippen LogP contribution in [0.5, 0.6) is 0 Å². The highest BCUT2D eigenvalue weighted by Crippen LogP contribution is 2.33. The molecule has 2 heterocycles. The van der Waals surface area contributed by atoms with Crippen molar-refractivity contribution < 1.29 is 8.42 Å². The molecule has 2 aromatic rings. The van der Waals surface area contributed by atoms with Gasteiger partial charge >= 0.3 is 0 Å². The largest absolute Gasteiger partial charge is 0.372 e. The summed E-state index contributed by atoms with van der Waals surface area (Å²) in [5.41, 5.74) is 1.76. The van der Waals surface area contributed by atoms with Gasteiger partial charge in [0.05, 0.1) is 10.7 Å². The Bertz CT molecular complexity index is 793. The highest BCUT2D eigenvalue weighted by molar-refractivity contribution is 7.92. The van der Waals surface area contributed by atoms with Crippen molar-refractivity contribution in [3.05, 3.63) is 47.1 Å². The Hall–Kier alpha value is -1.79. The number of fused-ring (bicyclic) bond motifs is 1. The van der Waals surface area contributed by atoms with Crippen LogP contribution in [0, 0.1) is 0 Å². The Kier molecular flexibility index (Phi) is 3.51. The Morgan fingerprint density at radius 1 is 1.33 bits per heavy atom. The third kappa shape index (κ3) is 2.34. The second-order valence-corrected chi connectivity index (χ2v) is 6.98. The van der Waals surface area contributed by atoms with E-state index in [1.807, 2.05) is 24.3 Å². The molecule has 0 saturated carbocycles. The van der Waals surface area contributed by atoms with E-state index >= 15 is 0 Å². The lowest BCUT2D eigenvalue weighted by atomic mass is 10.2. The molecule has 0 bridgehead atoms. The molecular weight excluding hydrogens is 310 g/mol. The van der Waals surface area contributed by atoms with E-state index in [1.165, 1.54) is 16.6 Å². The highest BCUT2D eigenvalue weighted by Gasteiger charge is 2.31. The van der Waals surface area contributed by atoms with Gasteiger partial charge in [0, 0.05) is 19.8 Å². The predicted octanol–water partition coefficient (Wildman–Crippen LogP) is 2.53. The first-order valence-corrected chi connectivity index (χ1v) is 8.30. The number of hydrogen-bond acceptors (Lipinski definition) is 4. The maximum atomic E-state index is 12.8. The standard InChI is InChI=1S/C14H14ClN3O2S/c1-16-14-12(15)8-11(9-17-14)21(19,20)18-7-6-10-4-2-3-5-13(10)18/h2-5,8-9H,6-7H2,1H3,(H,16,17). The zero-order chi connectivity index (χ0) is 15.0. The number of para-hydroxylation sites is 1. The van der Waals surface area contributed by atoms with Gasteiger partial charge in [-0.05, 0) is 24.1 Å². The van der Waals surface area contributed by atoms with E-state index in [0.717, 1.165) is 11.3 Å². The monoisotopic (exact) mass is 323 g/mol. The number of rotatable bonds is 3. The van der Waals surface area contributed by atoms with Crippen molar-refractivity contribution >= 4 is 33.1 Å². The zero-order valence-corrected chi connectivity index (χ0v) is 12.9. The molecule has 1 aliphatic heterocycles. The van der Waals surface area contributed by atoms with Crippen molar-refractivity contribution in [2.75, 3.05) is 23.2 Å². The van der Waals surface area contributed by atoms with Gasteiger partial charge in [-0.15, -0.1) is 0 Å². The summed E-state index contributed by atoms with van der Waals surface area (Å²) < 4.78 is 26.9. The quantitative estimate of drug-likeness (QED) is 0.943. The molecule has 1 aliphatic rings. The molecule has 21 heavy (non-hydrogen) atoms. The van der Waals surface area contributed by atoms with Crippen LogP contribution >= 0.6 is 11.6 Å². The molecule has 0 fully saturated rings. The summed E-state index contributed by atoms with van der Waals surface area (Å²) in [6.45, 7) is 0.438. The van der Waals surface area contributed by atoms with Gasteiger partial charge in [0.15, 0.2) is 0 Å². The van der Waals surface area contributed by atoms with Crippen molar-refractivity contribution in [1.82, 2.24) is 4.98 Å². The lowest BCUT2D eigenvalue weighted by molar-refractivity contribution is 0.592. The number of nitrogens with zero attached hydrogens (tertiary/aromatic N) is 2. The number of benzene rings is 1. The maximum absolute atomic E-state index is 12.8. The highest BCUT2D eigenvalue weighted by atomic mass is 35.5. The molecule has 1 N–H and O–H groups in total. The molecule has 1 aromatic carbocycles. The van der Waals surface area contributed by atoms with E-state index in [-0.39, 0.29) is 9.92 Å². The van der Waals surface area contributed by atoms with E-state index in [9.17, 15) is 8.42 Å². The van der Waals surface area contributed by atoms with Crippen LogP contribution in [0.15, 0.2) is 41.4 Å². The Morgan fingerprint density at radius 2 is 2.10 bits per heavy atom.